The second kappa shape index (κ2) is 10.4. The maximum absolute atomic E-state index is 12.9. The van der Waals surface area contributed by atoms with Crippen molar-refractivity contribution in [2.24, 2.45) is 0 Å². The lowest BCUT2D eigenvalue weighted by Crippen LogP contribution is -2.29. The van der Waals surface area contributed by atoms with Crippen LogP contribution < -0.4 is 15.4 Å². The summed E-state index contributed by atoms with van der Waals surface area (Å²) in [4.78, 5) is 21.1. The van der Waals surface area contributed by atoms with Crippen LogP contribution in [0.1, 0.15) is 43.3 Å². The molecule has 0 spiro atoms. The van der Waals surface area contributed by atoms with Crippen LogP contribution >= 0.6 is 11.6 Å². The Kier molecular flexibility index (Phi) is 7.26. The van der Waals surface area contributed by atoms with Gasteiger partial charge in [0, 0.05) is 35.3 Å². The van der Waals surface area contributed by atoms with Crippen LogP contribution in [0.2, 0.25) is 5.28 Å². The summed E-state index contributed by atoms with van der Waals surface area (Å²) in [7, 11) is 0. The zero-order valence-corrected chi connectivity index (χ0v) is 21.7. The van der Waals surface area contributed by atoms with E-state index in [1.807, 2.05) is 68.4 Å². The minimum atomic E-state index is -0.362. The molecule has 0 unspecified atom stereocenters. The number of nitrogens with zero attached hydrogens (tertiary/aromatic N) is 4. The predicted molar refractivity (Wildman–Crippen MR) is 141 cm³/mol. The summed E-state index contributed by atoms with van der Waals surface area (Å²) in [5, 5.41) is 10.7. The van der Waals surface area contributed by atoms with Crippen molar-refractivity contribution in [2.45, 2.75) is 46.6 Å². The molecule has 0 aliphatic carbocycles. The van der Waals surface area contributed by atoms with E-state index < -0.39 is 0 Å². The van der Waals surface area contributed by atoms with Crippen molar-refractivity contribution >= 4 is 23.4 Å². The first-order valence-corrected chi connectivity index (χ1v) is 12.0. The summed E-state index contributed by atoms with van der Waals surface area (Å²) in [6.07, 6.45) is 0. The number of ether oxygens (including phenoxy) is 1. The van der Waals surface area contributed by atoms with Gasteiger partial charge < -0.3 is 10.1 Å². The van der Waals surface area contributed by atoms with E-state index >= 15 is 0 Å². The summed E-state index contributed by atoms with van der Waals surface area (Å²) in [5.41, 5.74) is 4.18. The number of anilines is 1. The van der Waals surface area contributed by atoms with E-state index in [-0.39, 0.29) is 23.3 Å². The Morgan fingerprint density at radius 1 is 1.03 bits per heavy atom. The molecule has 8 nitrogen and oxygen atoms in total. The van der Waals surface area contributed by atoms with Gasteiger partial charge in [-0.05, 0) is 43.6 Å². The molecule has 2 aromatic carbocycles. The Hall–Kier alpha value is -3.91. The van der Waals surface area contributed by atoms with Crippen molar-refractivity contribution in [3.63, 3.8) is 0 Å². The molecule has 2 aromatic heterocycles. The zero-order chi connectivity index (χ0) is 25.9. The number of nitrogens with one attached hydrogen (secondary N) is 2. The number of para-hydroxylation sites is 1. The molecule has 186 valence electrons. The largest absolute Gasteiger partial charge is 0.439 e. The molecule has 2 N–H and O–H groups in total. The monoisotopic (exact) mass is 504 g/mol. The average Bonchev–Trinajstić information content (AvgIpc) is 3.22. The Balaban J connectivity index is 1.50. The molecule has 36 heavy (non-hydrogen) atoms. The molecular weight excluding hydrogens is 476 g/mol. The minimum Gasteiger partial charge on any atom is -0.439 e. The van der Waals surface area contributed by atoms with Gasteiger partial charge in [0.15, 0.2) is 0 Å². The molecule has 4 aromatic rings. The summed E-state index contributed by atoms with van der Waals surface area (Å²) in [5.74, 6) is 1.48. The minimum absolute atomic E-state index is 0.111. The van der Waals surface area contributed by atoms with Gasteiger partial charge in [0.05, 0.1) is 11.4 Å². The topological polar surface area (TPSA) is 94.0 Å². The Bertz CT molecular complexity index is 1360. The molecule has 4 rings (SSSR count). The molecule has 9 heteroatoms. The van der Waals surface area contributed by atoms with Crippen molar-refractivity contribution < 1.29 is 9.53 Å². The van der Waals surface area contributed by atoms with Crippen LogP contribution in [0.25, 0.3) is 5.69 Å². The van der Waals surface area contributed by atoms with Gasteiger partial charge in [-0.15, -0.1) is 0 Å². The second-order valence-corrected chi connectivity index (χ2v) is 9.88. The Morgan fingerprint density at radius 3 is 2.44 bits per heavy atom. The number of aromatic nitrogens is 4. The van der Waals surface area contributed by atoms with E-state index in [0.717, 1.165) is 22.5 Å². The third-order valence-corrected chi connectivity index (χ3v) is 5.60. The van der Waals surface area contributed by atoms with Crippen molar-refractivity contribution in [2.75, 3.05) is 5.32 Å². The van der Waals surface area contributed by atoms with Gasteiger partial charge in [0.2, 0.25) is 11.2 Å². The fourth-order valence-corrected chi connectivity index (χ4v) is 3.69. The van der Waals surface area contributed by atoms with Crippen molar-refractivity contribution in [3.05, 3.63) is 88.5 Å². The standard InChI is InChI=1S/C27H29ClN6O2/c1-17-10-12-20(13-11-17)34-23(15-22(33-34)27(3,4)5)31-26(35)29-16-19-8-6-7-9-21(19)36-24-14-18(2)30-25(28)32-24/h6-15H,16H2,1-5H3,(H2,29,31,35). The fourth-order valence-electron chi connectivity index (χ4n) is 3.47. The predicted octanol–water partition coefficient (Wildman–Crippen LogP) is 6.34. The second-order valence-electron chi connectivity index (χ2n) is 9.55. The summed E-state index contributed by atoms with van der Waals surface area (Å²) in [6, 6.07) is 18.6. The molecule has 0 radical (unpaired) electrons. The molecule has 0 saturated heterocycles. The Morgan fingerprint density at radius 2 is 1.75 bits per heavy atom. The highest BCUT2D eigenvalue weighted by Gasteiger charge is 2.21. The molecule has 0 saturated carbocycles. The van der Waals surface area contributed by atoms with Crippen molar-refractivity contribution in [3.8, 4) is 17.3 Å². The SMILES string of the molecule is Cc1ccc(-n2nc(C(C)(C)C)cc2NC(=O)NCc2ccccc2Oc2cc(C)nc(Cl)n2)cc1. The molecular formula is C27H29ClN6O2. The highest BCUT2D eigenvalue weighted by atomic mass is 35.5. The first kappa shape index (κ1) is 25.2. The molecule has 2 amide bonds. The summed E-state index contributed by atoms with van der Waals surface area (Å²) in [6.45, 7) is 10.3. The quantitative estimate of drug-likeness (QED) is 0.298. The number of halogens is 1. The number of rotatable bonds is 6. The number of carbonyl (C=O) groups is 1. The number of aryl methyl sites for hydroxylation is 2. The lowest BCUT2D eigenvalue weighted by atomic mass is 9.92. The maximum atomic E-state index is 12.9. The first-order valence-electron chi connectivity index (χ1n) is 11.6. The molecule has 2 heterocycles. The molecule has 0 bridgehead atoms. The first-order chi connectivity index (χ1) is 17.1. The van der Waals surface area contributed by atoms with Crippen LogP contribution in [0.4, 0.5) is 10.6 Å². The van der Waals surface area contributed by atoms with Crippen molar-refractivity contribution in [1.29, 1.82) is 0 Å². The maximum Gasteiger partial charge on any atom is 0.320 e. The van der Waals surface area contributed by atoms with Gasteiger partial charge in [-0.1, -0.05) is 56.7 Å². The molecule has 0 aliphatic heterocycles. The van der Waals surface area contributed by atoms with E-state index in [9.17, 15) is 4.79 Å². The van der Waals surface area contributed by atoms with Gasteiger partial charge in [-0.25, -0.2) is 14.5 Å². The lowest BCUT2D eigenvalue weighted by Gasteiger charge is -2.14. The van der Waals surface area contributed by atoms with E-state index in [1.54, 1.807) is 10.7 Å². The third kappa shape index (κ3) is 6.20. The van der Waals surface area contributed by atoms with E-state index in [4.69, 9.17) is 21.4 Å². The summed E-state index contributed by atoms with van der Waals surface area (Å²) < 4.78 is 7.68. The van der Waals surface area contributed by atoms with E-state index in [2.05, 4.69) is 41.4 Å². The van der Waals surface area contributed by atoms with Gasteiger partial charge in [-0.3, -0.25) is 5.32 Å². The van der Waals surface area contributed by atoms with Crippen LogP contribution in [0, 0.1) is 13.8 Å². The van der Waals surface area contributed by atoms with E-state index in [0.29, 0.717) is 23.1 Å². The van der Waals surface area contributed by atoms with Crippen LogP contribution in [0.3, 0.4) is 0 Å². The van der Waals surface area contributed by atoms with Crippen LogP contribution in [0.15, 0.2) is 60.7 Å². The molecule has 0 fully saturated rings. The highest BCUT2D eigenvalue weighted by molar-refractivity contribution is 6.28. The van der Waals surface area contributed by atoms with Crippen LogP contribution in [0.5, 0.6) is 11.6 Å². The van der Waals surface area contributed by atoms with Gasteiger partial charge >= 0.3 is 6.03 Å². The van der Waals surface area contributed by atoms with Gasteiger partial charge in [-0.2, -0.15) is 10.1 Å². The highest BCUT2D eigenvalue weighted by Crippen LogP contribution is 2.27. The zero-order valence-electron chi connectivity index (χ0n) is 21.0. The number of urea groups is 1. The van der Waals surface area contributed by atoms with Crippen molar-refractivity contribution in [1.82, 2.24) is 25.1 Å². The van der Waals surface area contributed by atoms with Gasteiger partial charge in [0.1, 0.15) is 11.6 Å². The molecule has 0 atom stereocenters. The smallest absolute Gasteiger partial charge is 0.320 e. The normalized spacial score (nSPS) is 11.3. The number of hydrogen-bond acceptors (Lipinski definition) is 5. The third-order valence-electron chi connectivity index (χ3n) is 5.43. The lowest BCUT2D eigenvalue weighted by molar-refractivity contribution is 0.251. The average molecular weight is 505 g/mol. The van der Waals surface area contributed by atoms with Gasteiger partial charge in [0.25, 0.3) is 0 Å². The number of carbonyl (C=O) groups excluding carboxylic acids is 1. The van der Waals surface area contributed by atoms with Crippen LogP contribution in [-0.4, -0.2) is 25.8 Å². The molecule has 0 aliphatic rings. The fraction of sp³-hybridized carbons (Fsp3) is 0.259. The van der Waals surface area contributed by atoms with E-state index in [1.165, 1.54) is 0 Å². The summed E-state index contributed by atoms with van der Waals surface area (Å²) >= 11 is 5.96. The Labute approximate surface area is 215 Å². The van der Waals surface area contributed by atoms with Crippen LogP contribution in [-0.2, 0) is 12.0 Å². The number of benzene rings is 2. The number of amides is 2. The number of hydrogen-bond donors (Lipinski definition) is 2.